The molecule has 0 radical (unpaired) electrons. The van der Waals surface area contributed by atoms with Crippen molar-refractivity contribution in [2.75, 3.05) is 6.61 Å². The third kappa shape index (κ3) is 4.52. The number of nitrogens with zero attached hydrogens (tertiary/aromatic N) is 2. The van der Waals surface area contributed by atoms with Crippen molar-refractivity contribution in [2.24, 2.45) is 0 Å². The summed E-state index contributed by atoms with van der Waals surface area (Å²) < 4.78 is 4.99. The SMILES string of the molecule is CCOC(=O)C(CC)Sc1cc(Cl)nc(C)n1. The van der Waals surface area contributed by atoms with Crippen molar-refractivity contribution >= 4 is 29.3 Å². The summed E-state index contributed by atoms with van der Waals surface area (Å²) in [5.74, 6) is 0.381. The first-order valence-electron chi connectivity index (χ1n) is 5.41. The lowest BCUT2D eigenvalue weighted by atomic mass is 10.3. The number of esters is 1. The van der Waals surface area contributed by atoms with Crippen LogP contribution in [-0.4, -0.2) is 27.8 Å². The molecule has 0 bridgehead atoms. The molecule has 6 heteroatoms. The van der Waals surface area contributed by atoms with E-state index in [2.05, 4.69) is 9.97 Å². The molecule has 17 heavy (non-hydrogen) atoms. The monoisotopic (exact) mass is 274 g/mol. The van der Waals surface area contributed by atoms with Gasteiger partial charge in [0.1, 0.15) is 21.3 Å². The van der Waals surface area contributed by atoms with Gasteiger partial charge in [0.25, 0.3) is 0 Å². The highest BCUT2D eigenvalue weighted by Gasteiger charge is 2.20. The van der Waals surface area contributed by atoms with Crippen LogP contribution in [0.1, 0.15) is 26.1 Å². The van der Waals surface area contributed by atoms with E-state index in [1.165, 1.54) is 11.8 Å². The third-order valence-electron chi connectivity index (χ3n) is 1.97. The lowest BCUT2D eigenvalue weighted by Crippen LogP contribution is -2.19. The smallest absolute Gasteiger partial charge is 0.319 e. The van der Waals surface area contributed by atoms with Gasteiger partial charge in [-0.25, -0.2) is 9.97 Å². The van der Waals surface area contributed by atoms with Crippen LogP contribution >= 0.6 is 23.4 Å². The molecule has 0 fully saturated rings. The van der Waals surface area contributed by atoms with Crippen molar-refractivity contribution in [1.29, 1.82) is 0 Å². The van der Waals surface area contributed by atoms with E-state index in [0.29, 0.717) is 29.0 Å². The molecule has 0 aromatic carbocycles. The number of halogens is 1. The van der Waals surface area contributed by atoms with E-state index in [0.717, 1.165) is 0 Å². The van der Waals surface area contributed by atoms with Gasteiger partial charge in [-0.05, 0) is 20.3 Å². The minimum Gasteiger partial charge on any atom is -0.465 e. The fourth-order valence-electron chi connectivity index (χ4n) is 1.24. The van der Waals surface area contributed by atoms with Crippen LogP contribution in [0.5, 0.6) is 0 Å². The van der Waals surface area contributed by atoms with Gasteiger partial charge in [0.2, 0.25) is 0 Å². The number of carbonyl (C=O) groups is 1. The minimum atomic E-state index is -0.250. The molecule has 0 amide bonds. The van der Waals surface area contributed by atoms with Crippen molar-refractivity contribution < 1.29 is 9.53 Å². The molecule has 1 rings (SSSR count). The lowest BCUT2D eigenvalue weighted by molar-refractivity contribution is -0.142. The van der Waals surface area contributed by atoms with Crippen molar-refractivity contribution in [1.82, 2.24) is 9.97 Å². The van der Waals surface area contributed by atoms with E-state index >= 15 is 0 Å². The molecule has 1 atom stereocenters. The zero-order valence-corrected chi connectivity index (χ0v) is 11.6. The second-order valence-corrected chi connectivity index (χ2v) is 4.95. The predicted molar refractivity (Wildman–Crippen MR) is 68.3 cm³/mol. The van der Waals surface area contributed by atoms with Crippen LogP contribution in [0.25, 0.3) is 0 Å². The molecule has 1 unspecified atom stereocenters. The van der Waals surface area contributed by atoms with Gasteiger partial charge >= 0.3 is 5.97 Å². The average molecular weight is 275 g/mol. The van der Waals surface area contributed by atoms with Gasteiger partial charge in [-0.2, -0.15) is 0 Å². The van der Waals surface area contributed by atoms with Crippen LogP contribution < -0.4 is 0 Å². The molecule has 0 saturated heterocycles. The van der Waals surface area contributed by atoms with Crippen molar-refractivity contribution in [3.05, 3.63) is 17.0 Å². The highest BCUT2D eigenvalue weighted by molar-refractivity contribution is 8.00. The summed E-state index contributed by atoms with van der Waals surface area (Å²) in [4.78, 5) is 19.8. The number of carbonyl (C=O) groups excluding carboxylic acids is 1. The standard InChI is InChI=1S/C11H15ClN2O2S/c1-4-8(11(15)16-5-2)17-10-6-9(12)13-7(3)14-10/h6,8H,4-5H2,1-3H3. The second kappa shape index (κ2) is 6.81. The first kappa shape index (κ1) is 14.3. The summed E-state index contributed by atoms with van der Waals surface area (Å²) >= 11 is 7.19. The number of thioether (sulfide) groups is 1. The molecule has 94 valence electrons. The van der Waals surface area contributed by atoms with Gasteiger partial charge in [-0.3, -0.25) is 4.79 Å². The summed E-state index contributed by atoms with van der Waals surface area (Å²) in [6.07, 6.45) is 0.685. The van der Waals surface area contributed by atoms with Gasteiger partial charge in [-0.1, -0.05) is 30.3 Å². The Hall–Kier alpha value is -0.810. The van der Waals surface area contributed by atoms with Gasteiger partial charge in [0, 0.05) is 6.07 Å². The largest absolute Gasteiger partial charge is 0.465 e. The molecule has 1 aromatic heterocycles. The first-order valence-corrected chi connectivity index (χ1v) is 6.67. The zero-order valence-electron chi connectivity index (χ0n) is 10.1. The molecule has 0 spiro atoms. The zero-order chi connectivity index (χ0) is 12.8. The van der Waals surface area contributed by atoms with Crippen LogP contribution in [0.15, 0.2) is 11.1 Å². The van der Waals surface area contributed by atoms with Crippen LogP contribution in [0.4, 0.5) is 0 Å². The summed E-state index contributed by atoms with van der Waals surface area (Å²) in [7, 11) is 0. The van der Waals surface area contributed by atoms with Gasteiger partial charge in [-0.15, -0.1) is 0 Å². The molecule has 4 nitrogen and oxygen atoms in total. The number of aromatic nitrogens is 2. The van der Waals surface area contributed by atoms with E-state index in [-0.39, 0.29) is 11.2 Å². The minimum absolute atomic E-state index is 0.215. The van der Waals surface area contributed by atoms with E-state index in [4.69, 9.17) is 16.3 Å². The molecule has 0 aliphatic heterocycles. The Balaban J connectivity index is 2.76. The fourth-order valence-corrected chi connectivity index (χ4v) is 2.52. The Bertz CT molecular complexity index is 381. The maximum atomic E-state index is 11.6. The Morgan fingerprint density at radius 2 is 2.24 bits per heavy atom. The van der Waals surface area contributed by atoms with Crippen LogP contribution in [-0.2, 0) is 9.53 Å². The van der Waals surface area contributed by atoms with E-state index in [9.17, 15) is 4.79 Å². The molecule has 0 aliphatic carbocycles. The van der Waals surface area contributed by atoms with Gasteiger partial charge in [0.05, 0.1) is 6.61 Å². The average Bonchev–Trinajstić information content (AvgIpc) is 2.24. The van der Waals surface area contributed by atoms with Crippen molar-refractivity contribution in [3.8, 4) is 0 Å². The maximum Gasteiger partial charge on any atom is 0.319 e. The molecule has 1 heterocycles. The van der Waals surface area contributed by atoms with Crippen molar-refractivity contribution in [3.63, 3.8) is 0 Å². The Labute approximate surface area is 110 Å². The van der Waals surface area contributed by atoms with E-state index < -0.39 is 0 Å². The fraction of sp³-hybridized carbons (Fsp3) is 0.545. The van der Waals surface area contributed by atoms with Gasteiger partial charge < -0.3 is 4.74 Å². The quantitative estimate of drug-likeness (QED) is 0.469. The summed E-state index contributed by atoms with van der Waals surface area (Å²) in [6, 6.07) is 1.65. The molecular formula is C11H15ClN2O2S. The number of hydrogen-bond acceptors (Lipinski definition) is 5. The molecule has 0 N–H and O–H groups in total. The Morgan fingerprint density at radius 1 is 1.53 bits per heavy atom. The number of rotatable bonds is 5. The highest BCUT2D eigenvalue weighted by atomic mass is 35.5. The van der Waals surface area contributed by atoms with Crippen LogP contribution in [0.3, 0.4) is 0 Å². The number of aryl methyl sites for hydroxylation is 1. The van der Waals surface area contributed by atoms with E-state index in [1.807, 2.05) is 6.92 Å². The van der Waals surface area contributed by atoms with Crippen LogP contribution in [0.2, 0.25) is 5.15 Å². The number of hydrogen-bond donors (Lipinski definition) is 0. The van der Waals surface area contributed by atoms with E-state index in [1.54, 1.807) is 19.9 Å². The van der Waals surface area contributed by atoms with Gasteiger partial charge in [0.15, 0.2) is 0 Å². The maximum absolute atomic E-state index is 11.6. The summed E-state index contributed by atoms with van der Waals surface area (Å²) in [5, 5.41) is 0.835. The Morgan fingerprint density at radius 3 is 2.76 bits per heavy atom. The first-order chi connectivity index (χ1) is 8.06. The normalized spacial score (nSPS) is 12.2. The lowest BCUT2D eigenvalue weighted by Gasteiger charge is -2.12. The summed E-state index contributed by atoms with van der Waals surface area (Å²) in [5.41, 5.74) is 0. The summed E-state index contributed by atoms with van der Waals surface area (Å²) in [6.45, 7) is 5.88. The second-order valence-electron chi connectivity index (χ2n) is 3.34. The third-order valence-corrected chi connectivity index (χ3v) is 3.42. The molecular weight excluding hydrogens is 260 g/mol. The Kier molecular flexibility index (Phi) is 5.71. The van der Waals surface area contributed by atoms with Crippen molar-refractivity contribution in [2.45, 2.75) is 37.5 Å². The van der Waals surface area contributed by atoms with Crippen LogP contribution in [0, 0.1) is 6.92 Å². The molecule has 0 aliphatic rings. The molecule has 0 saturated carbocycles. The topological polar surface area (TPSA) is 52.1 Å². The highest BCUT2D eigenvalue weighted by Crippen LogP contribution is 2.26. The molecule has 1 aromatic rings. The predicted octanol–water partition coefficient (Wildman–Crippen LogP) is 2.87. The number of ether oxygens (including phenoxy) is 1.